The third-order valence-electron chi connectivity index (χ3n) is 2.70. The zero-order chi connectivity index (χ0) is 8.55. The molecule has 0 aromatic carbocycles. The molecule has 2 aliphatic rings. The first-order valence-corrected chi connectivity index (χ1v) is 4.37. The van der Waals surface area contributed by atoms with Crippen LogP contribution in [0, 0.1) is 5.92 Å². The normalized spacial score (nSPS) is 33.1. The highest BCUT2D eigenvalue weighted by atomic mass is 16.6. The van der Waals surface area contributed by atoms with Crippen LogP contribution < -0.4 is 5.48 Å². The Morgan fingerprint density at radius 2 is 2.58 bits per heavy atom. The number of carbonyl (C=O) groups excluding carboxylic acids is 1. The second-order valence-corrected chi connectivity index (χ2v) is 3.55. The summed E-state index contributed by atoms with van der Waals surface area (Å²) in [5.74, 6) is 0.852. The van der Waals surface area contributed by atoms with Crippen molar-refractivity contribution in [2.75, 3.05) is 20.2 Å². The predicted molar refractivity (Wildman–Crippen MR) is 43.2 cm³/mol. The zero-order valence-corrected chi connectivity index (χ0v) is 7.25. The van der Waals surface area contributed by atoms with E-state index in [2.05, 4.69) is 15.2 Å². The fourth-order valence-electron chi connectivity index (χ4n) is 2.01. The number of nitrogens with zero attached hydrogens (tertiary/aromatic N) is 1. The number of likely N-dealkylation sites (tertiary alicyclic amines) is 1. The maximum Gasteiger partial charge on any atom is 0.257 e. The van der Waals surface area contributed by atoms with E-state index in [1.165, 1.54) is 20.0 Å². The maximum absolute atomic E-state index is 11.1. The molecule has 1 amide bonds. The Bertz CT molecular complexity index is 195. The Morgan fingerprint density at radius 1 is 1.75 bits per heavy atom. The standard InChI is InChI=1S/C8H14N2O2/c1-12-9-8(11)5-10-3-2-6-4-7(6)10/h6-7H,2-5H2,1H3,(H,9,11). The van der Waals surface area contributed by atoms with Gasteiger partial charge in [0.25, 0.3) is 5.91 Å². The Labute approximate surface area is 71.8 Å². The quantitative estimate of drug-likeness (QED) is 0.594. The van der Waals surface area contributed by atoms with Gasteiger partial charge in [-0.25, -0.2) is 5.48 Å². The van der Waals surface area contributed by atoms with E-state index in [1.54, 1.807) is 0 Å². The number of carbonyl (C=O) groups is 1. The third kappa shape index (κ3) is 1.44. The van der Waals surface area contributed by atoms with Crippen LogP contribution in [-0.2, 0) is 9.63 Å². The van der Waals surface area contributed by atoms with Crippen LogP contribution in [0.2, 0.25) is 0 Å². The molecule has 0 spiro atoms. The number of rotatable bonds is 3. The highest BCUT2D eigenvalue weighted by Gasteiger charge is 2.46. The minimum Gasteiger partial charge on any atom is -0.291 e. The highest BCUT2D eigenvalue weighted by molar-refractivity contribution is 5.77. The van der Waals surface area contributed by atoms with Crippen LogP contribution in [0.1, 0.15) is 12.8 Å². The van der Waals surface area contributed by atoms with Gasteiger partial charge in [-0.05, 0) is 25.3 Å². The van der Waals surface area contributed by atoms with Crippen molar-refractivity contribution in [3.05, 3.63) is 0 Å². The summed E-state index contributed by atoms with van der Waals surface area (Å²) in [6.45, 7) is 1.57. The molecule has 1 aliphatic carbocycles. The van der Waals surface area contributed by atoms with Gasteiger partial charge in [0.1, 0.15) is 0 Å². The number of hydrogen-bond donors (Lipinski definition) is 1. The number of hydroxylamine groups is 1. The molecule has 12 heavy (non-hydrogen) atoms. The molecular weight excluding hydrogens is 156 g/mol. The third-order valence-corrected chi connectivity index (χ3v) is 2.70. The molecule has 4 heteroatoms. The zero-order valence-electron chi connectivity index (χ0n) is 7.25. The Morgan fingerprint density at radius 3 is 3.08 bits per heavy atom. The largest absolute Gasteiger partial charge is 0.291 e. The molecule has 1 N–H and O–H groups in total. The summed E-state index contributed by atoms with van der Waals surface area (Å²) in [5, 5.41) is 0. The van der Waals surface area contributed by atoms with Crippen molar-refractivity contribution in [1.29, 1.82) is 0 Å². The van der Waals surface area contributed by atoms with Gasteiger partial charge in [0.15, 0.2) is 0 Å². The number of hydrogen-bond acceptors (Lipinski definition) is 3. The topological polar surface area (TPSA) is 41.6 Å². The van der Waals surface area contributed by atoms with Crippen molar-refractivity contribution >= 4 is 5.91 Å². The van der Waals surface area contributed by atoms with Gasteiger partial charge in [0.2, 0.25) is 0 Å². The summed E-state index contributed by atoms with van der Waals surface area (Å²) in [4.78, 5) is 17.9. The van der Waals surface area contributed by atoms with Gasteiger partial charge in [-0.3, -0.25) is 14.5 Å². The summed E-state index contributed by atoms with van der Waals surface area (Å²) in [5.41, 5.74) is 2.33. The molecular formula is C8H14N2O2. The summed E-state index contributed by atoms with van der Waals surface area (Å²) >= 11 is 0. The molecule has 1 aliphatic heterocycles. The predicted octanol–water partition coefficient (Wildman–Crippen LogP) is -0.242. The molecule has 1 saturated carbocycles. The van der Waals surface area contributed by atoms with Gasteiger partial charge in [-0.1, -0.05) is 0 Å². The fraction of sp³-hybridized carbons (Fsp3) is 0.875. The molecule has 2 atom stereocenters. The molecule has 2 unspecified atom stereocenters. The summed E-state index contributed by atoms with van der Waals surface area (Å²) < 4.78 is 0. The molecule has 1 saturated heterocycles. The van der Waals surface area contributed by atoms with Crippen molar-refractivity contribution in [2.45, 2.75) is 18.9 Å². The molecule has 0 aromatic rings. The van der Waals surface area contributed by atoms with Gasteiger partial charge < -0.3 is 0 Å². The van der Waals surface area contributed by atoms with Crippen LogP contribution >= 0.6 is 0 Å². The molecule has 1 heterocycles. The van der Waals surface area contributed by atoms with E-state index in [0.717, 1.165) is 12.5 Å². The Kier molecular flexibility index (Phi) is 2.02. The lowest BCUT2D eigenvalue weighted by molar-refractivity contribution is -0.132. The molecule has 2 fully saturated rings. The minimum absolute atomic E-state index is 0.0370. The number of amides is 1. The van der Waals surface area contributed by atoms with Crippen LogP contribution in [0.25, 0.3) is 0 Å². The summed E-state index contributed by atoms with van der Waals surface area (Å²) in [7, 11) is 1.46. The van der Waals surface area contributed by atoms with Crippen molar-refractivity contribution in [3.8, 4) is 0 Å². The van der Waals surface area contributed by atoms with E-state index in [0.29, 0.717) is 12.6 Å². The van der Waals surface area contributed by atoms with E-state index in [9.17, 15) is 4.79 Å². The summed E-state index contributed by atoms with van der Waals surface area (Å²) in [6, 6.07) is 0.701. The smallest absolute Gasteiger partial charge is 0.257 e. The van der Waals surface area contributed by atoms with Gasteiger partial charge in [0, 0.05) is 6.04 Å². The second kappa shape index (κ2) is 3.03. The number of piperidine rings is 1. The van der Waals surface area contributed by atoms with Crippen LogP contribution in [0.4, 0.5) is 0 Å². The fourth-order valence-corrected chi connectivity index (χ4v) is 2.01. The lowest BCUT2D eigenvalue weighted by Gasteiger charge is -2.15. The van der Waals surface area contributed by atoms with Crippen molar-refractivity contribution in [2.24, 2.45) is 5.92 Å². The molecule has 0 aromatic heterocycles. The molecule has 4 nitrogen and oxygen atoms in total. The number of nitrogens with one attached hydrogen (secondary N) is 1. The SMILES string of the molecule is CONC(=O)CN1CCC2CC21. The lowest BCUT2D eigenvalue weighted by Crippen LogP contribution is -2.36. The first-order chi connectivity index (χ1) is 5.81. The van der Waals surface area contributed by atoms with Gasteiger partial charge in [-0.2, -0.15) is 0 Å². The van der Waals surface area contributed by atoms with Crippen molar-refractivity contribution in [1.82, 2.24) is 10.4 Å². The lowest BCUT2D eigenvalue weighted by atomic mass is 10.3. The van der Waals surface area contributed by atoms with Crippen LogP contribution in [0.5, 0.6) is 0 Å². The van der Waals surface area contributed by atoms with Crippen molar-refractivity contribution < 1.29 is 9.63 Å². The highest BCUT2D eigenvalue weighted by Crippen LogP contribution is 2.43. The van der Waals surface area contributed by atoms with E-state index in [4.69, 9.17) is 0 Å². The molecule has 0 radical (unpaired) electrons. The first-order valence-electron chi connectivity index (χ1n) is 4.37. The molecule has 0 bridgehead atoms. The van der Waals surface area contributed by atoms with Crippen LogP contribution in [-0.4, -0.2) is 37.0 Å². The maximum atomic E-state index is 11.1. The molecule has 68 valence electrons. The van der Waals surface area contributed by atoms with E-state index < -0.39 is 0 Å². The van der Waals surface area contributed by atoms with Gasteiger partial charge in [0.05, 0.1) is 13.7 Å². The monoisotopic (exact) mass is 170 g/mol. The minimum atomic E-state index is -0.0370. The summed E-state index contributed by atoms with van der Waals surface area (Å²) in [6.07, 6.45) is 2.56. The van der Waals surface area contributed by atoms with Crippen LogP contribution in [0.3, 0.4) is 0 Å². The Balaban J connectivity index is 1.75. The average Bonchev–Trinajstić information content (AvgIpc) is 2.71. The second-order valence-electron chi connectivity index (χ2n) is 3.55. The Hall–Kier alpha value is -0.610. The average molecular weight is 170 g/mol. The van der Waals surface area contributed by atoms with E-state index >= 15 is 0 Å². The first kappa shape index (κ1) is 8.01. The van der Waals surface area contributed by atoms with Gasteiger partial charge >= 0.3 is 0 Å². The van der Waals surface area contributed by atoms with E-state index in [-0.39, 0.29) is 5.91 Å². The number of fused-ring (bicyclic) bond motifs is 1. The van der Waals surface area contributed by atoms with Crippen LogP contribution in [0.15, 0.2) is 0 Å². The molecule has 2 rings (SSSR count). The van der Waals surface area contributed by atoms with Gasteiger partial charge in [-0.15, -0.1) is 0 Å². The van der Waals surface area contributed by atoms with Crippen molar-refractivity contribution in [3.63, 3.8) is 0 Å². The van der Waals surface area contributed by atoms with E-state index in [1.807, 2.05) is 0 Å².